The first-order valence-electron chi connectivity index (χ1n) is 11.2. The molecule has 2 heterocycles. The predicted octanol–water partition coefficient (Wildman–Crippen LogP) is 3.80. The summed E-state index contributed by atoms with van der Waals surface area (Å²) in [6.07, 6.45) is 0.0758. The minimum Gasteiger partial charge on any atom is -0.338 e. The quantitative estimate of drug-likeness (QED) is 0.328. The number of aryl methyl sites for hydroxylation is 1. The van der Waals surface area contributed by atoms with Crippen molar-refractivity contribution in [3.8, 4) is 17.5 Å². The second kappa shape index (κ2) is 9.71. The molecule has 0 bridgehead atoms. The molecule has 0 saturated heterocycles. The summed E-state index contributed by atoms with van der Waals surface area (Å²) in [6.45, 7) is 0. The summed E-state index contributed by atoms with van der Waals surface area (Å²) in [6, 6.07) is 19.7. The molecule has 0 fully saturated rings. The predicted molar refractivity (Wildman–Crippen MR) is 134 cm³/mol. The van der Waals surface area contributed by atoms with E-state index in [1.54, 1.807) is 60.1 Å². The van der Waals surface area contributed by atoms with Crippen LogP contribution in [0, 0.1) is 17.1 Å². The van der Waals surface area contributed by atoms with Gasteiger partial charge in [-0.1, -0.05) is 24.3 Å². The summed E-state index contributed by atoms with van der Waals surface area (Å²) in [4.78, 5) is 26.0. The Kier molecular flexibility index (Phi) is 6.13. The van der Waals surface area contributed by atoms with Gasteiger partial charge >= 0.3 is 0 Å². The second-order valence-corrected chi connectivity index (χ2v) is 8.26. The van der Waals surface area contributed by atoms with Crippen LogP contribution in [0.5, 0.6) is 0 Å². The molecule has 0 aliphatic carbocycles. The van der Waals surface area contributed by atoms with Crippen molar-refractivity contribution in [1.82, 2.24) is 25.2 Å². The normalized spacial score (nSPS) is 10.7. The van der Waals surface area contributed by atoms with Crippen LogP contribution >= 0.6 is 0 Å². The van der Waals surface area contributed by atoms with Crippen LogP contribution in [0.25, 0.3) is 22.3 Å². The molecule has 0 aliphatic heterocycles. The molecule has 11 heteroatoms. The fraction of sp³-hybridized carbons (Fsp3) is 0.0769. The number of hydrogen-bond acceptors (Lipinski definition) is 6. The van der Waals surface area contributed by atoms with Crippen LogP contribution in [0.2, 0.25) is 0 Å². The topological polar surface area (TPSA) is 141 Å². The number of carbonyl (C=O) groups is 2. The number of nitrogens with zero attached hydrogens (tertiary/aromatic N) is 5. The number of halogens is 1. The van der Waals surface area contributed by atoms with Gasteiger partial charge in [-0.25, -0.2) is 9.49 Å². The Morgan fingerprint density at radius 3 is 2.59 bits per heavy atom. The standard InChI is InChI=1S/C26H19FN8O2/c1-35-22(26(37)30-20-10-7-16(14-28)11-19(20)25-31-33-34-32-25)13-17-3-2-4-21(24(17)35)29-23(36)12-15-5-8-18(27)9-6-15/h2-11,13H,12H2,1H3,(H,29,36)(H,30,37)(H,31,32,33,34). The lowest BCUT2D eigenvalue weighted by Crippen LogP contribution is -2.17. The Balaban J connectivity index is 1.42. The molecule has 0 aliphatic rings. The number of nitriles is 1. The highest BCUT2D eigenvalue weighted by Crippen LogP contribution is 2.29. The number of amides is 2. The zero-order valence-electron chi connectivity index (χ0n) is 19.5. The van der Waals surface area contributed by atoms with Crippen LogP contribution in [-0.2, 0) is 18.3 Å². The number of aromatic amines is 1. The maximum atomic E-state index is 13.3. The summed E-state index contributed by atoms with van der Waals surface area (Å²) in [7, 11) is 1.73. The lowest BCUT2D eigenvalue weighted by molar-refractivity contribution is -0.115. The van der Waals surface area contributed by atoms with E-state index in [0.717, 1.165) is 5.39 Å². The SMILES string of the molecule is Cn1c(C(=O)Nc2ccc(C#N)cc2-c2nnn[nH]2)cc2cccc(NC(=O)Cc3ccc(F)cc3)c21. The number of para-hydroxylation sites is 1. The van der Waals surface area contributed by atoms with E-state index >= 15 is 0 Å². The van der Waals surface area contributed by atoms with Crippen molar-refractivity contribution in [2.45, 2.75) is 6.42 Å². The Morgan fingerprint density at radius 2 is 1.86 bits per heavy atom. The van der Waals surface area contributed by atoms with Crippen molar-refractivity contribution in [2.75, 3.05) is 10.6 Å². The molecule has 2 amide bonds. The van der Waals surface area contributed by atoms with Gasteiger partial charge in [-0.3, -0.25) is 9.59 Å². The van der Waals surface area contributed by atoms with Crippen LogP contribution in [0.15, 0.2) is 66.7 Å². The van der Waals surface area contributed by atoms with Gasteiger partial charge in [0, 0.05) is 18.0 Å². The first kappa shape index (κ1) is 23.4. The highest BCUT2D eigenvalue weighted by atomic mass is 19.1. The van der Waals surface area contributed by atoms with E-state index in [1.165, 1.54) is 12.1 Å². The van der Waals surface area contributed by atoms with E-state index in [4.69, 9.17) is 0 Å². The third kappa shape index (κ3) is 4.76. The highest BCUT2D eigenvalue weighted by Gasteiger charge is 2.19. The molecule has 0 spiro atoms. The van der Waals surface area contributed by atoms with Gasteiger partial charge in [0.2, 0.25) is 5.91 Å². The Bertz CT molecular complexity index is 1670. The average Bonchev–Trinajstić information content (AvgIpc) is 3.54. The van der Waals surface area contributed by atoms with E-state index in [-0.39, 0.29) is 18.1 Å². The van der Waals surface area contributed by atoms with Crippen LogP contribution < -0.4 is 10.6 Å². The number of tetrazole rings is 1. The summed E-state index contributed by atoms with van der Waals surface area (Å²) >= 11 is 0. The first-order chi connectivity index (χ1) is 17.9. The minimum atomic E-state index is -0.402. The van der Waals surface area contributed by atoms with E-state index < -0.39 is 5.91 Å². The average molecular weight is 494 g/mol. The van der Waals surface area contributed by atoms with Crippen molar-refractivity contribution < 1.29 is 14.0 Å². The second-order valence-electron chi connectivity index (χ2n) is 8.26. The van der Waals surface area contributed by atoms with Gasteiger partial charge in [-0.2, -0.15) is 5.26 Å². The van der Waals surface area contributed by atoms with Gasteiger partial charge in [0.15, 0.2) is 5.82 Å². The number of fused-ring (bicyclic) bond motifs is 1. The summed E-state index contributed by atoms with van der Waals surface area (Å²) in [5.74, 6) is -0.736. The number of aromatic nitrogens is 5. The number of anilines is 2. The van der Waals surface area contributed by atoms with Crippen LogP contribution in [0.4, 0.5) is 15.8 Å². The molecule has 3 aromatic carbocycles. The molecule has 0 saturated carbocycles. The number of rotatable bonds is 6. The van der Waals surface area contributed by atoms with Gasteiger partial charge in [0.05, 0.1) is 34.9 Å². The van der Waals surface area contributed by atoms with Crippen molar-refractivity contribution in [1.29, 1.82) is 5.26 Å². The van der Waals surface area contributed by atoms with Crippen LogP contribution in [0.1, 0.15) is 21.6 Å². The van der Waals surface area contributed by atoms with Crippen molar-refractivity contribution in [2.24, 2.45) is 7.05 Å². The van der Waals surface area contributed by atoms with E-state index in [9.17, 15) is 19.2 Å². The monoisotopic (exact) mass is 494 g/mol. The van der Waals surface area contributed by atoms with Crippen molar-refractivity contribution in [3.63, 3.8) is 0 Å². The molecule has 2 aromatic heterocycles. The Labute approximate surface area is 209 Å². The molecule has 37 heavy (non-hydrogen) atoms. The van der Waals surface area contributed by atoms with Gasteiger partial charge in [0.25, 0.3) is 5.91 Å². The number of benzene rings is 3. The first-order valence-corrected chi connectivity index (χ1v) is 11.2. The van der Waals surface area contributed by atoms with Gasteiger partial charge in [0.1, 0.15) is 11.5 Å². The molecule has 3 N–H and O–H groups in total. The molecule has 0 atom stereocenters. The van der Waals surface area contributed by atoms with E-state index in [2.05, 4.69) is 37.3 Å². The maximum absolute atomic E-state index is 13.3. The van der Waals surface area contributed by atoms with Gasteiger partial charge in [-0.15, -0.1) is 5.10 Å². The Hall–Kier alpha value is -5.37. The lowest BCUT2D eigenvalue weighted by atomic mass is 10.1. The third-order valence-corrected chi connectivity index (χ3v) is 5.84. The largest absolute Gasteiger partial charge is 0.338 e. The smallest absolute Gasteiger partial charge is 0.272 e. The third-order valence-electron chi connectivity index (χ3n) is 5.84. The van der Waals surface area contributed by atoms with Gasteiger partial charge in [-0.05, 0) is 58.5 Å². The Morgan fingerprint density at radius 1 is 1.05 bits per heavy atom. The molecular weight excluding hydrogens is 475 g/mol. The molecular formula is C26H19FN8O2. The summed E-state index contributed by atoms with van der Waals surface area (Å²) < 4.78 is 14.9. The minimum absolute atomic E-state index is 0.0758. The number of nitrogens with one attached hydrogen (secondary N) is 3. The fourth-order valence-corrected chi connectivity index (χ4v) is 4.10. The molecule has 10 nitrogen and oxygen atoms in total. The number of carbonyl (C=O) groups excluding carboxylic acids is 2. The molecule has 5 aromatic rings. The van der Waals surface area contributed by atoms with Crippen LogP contribution in [-0.4, -0.2) is 37.0 Å². The number of H-pyrrole nitrogens is 1. The van der Waals surface area contributed by atoms with Crippen LogP contribution in [0.3, 0.4) is 0 Å². The summed E-state index contributed by atoms with van der Waals surface area (Å²) in [5.41, 5.74) is 3.50. The maximum Gasteiger partial charge on any atom is 0.272 e. The van der Waals surface area contributed by atoms with E-state index in [1.807, 2.05) is 6.07 Å². The highest BCUT2D eigenvalue weighted by molar-refractivity contribution is 6.10. The lowest BCUT2D eigenvalue weighted by Gasteiger charge is -2.12. The zero-order chi connectivity index (χ0) is 25.9. The molecule has 182 valence electrons. The van der Waals surface area contributed by atoms with E-state index in [0.29, 0.717) is 45.1 Å². The van der Waals surface area contributed by atoms with Crippen molar-refractivity contribution >= 4 is 34.1 Å². The van der Waals surface area contributed by atoms with Gasteiger partial charge < -0.3 is 15.2 Å². The van der Waals surface area contributed by atoms with Crippen molar-refractivity contribution in [3.05, 3.63) is 89.4 Å². The summed E-state index contributed by atoms with van der Waals surface area (Å²) in [5, 5.41) is 29.4. The molecule has 0 radical (unpaired) electrons. The fourth-order valence-electron chi connectivity index (χ4n) is 4.10. The molecule has 0 unspecified atom stereocenters. The molecule has 5 rings (SSSR count). The zero-order valence-corrected chi connectivity index (χ0v) is 19.5. The number of hydrogen-bond donors (Lipinski definition) is 3.